The van der Waals surface area contributed by atoms with E-state index in [4.69, 9.17) is 0 Å². The van der Waals surface area contributed by atoms with Crippen molar-refractivity contribution < 1.29 is 8.78 Å². The van der Waals surface area contributed by atoms with E-state index in [1.165, 1.54) is 6.07 Å². The number of aryl methyl sites for hydroxylation is 1. The Labute approximate surface area is 162 Å². The first-order valence-corrected chi connectivity index (χ1v) is 8.88. The molecule has 2 N–H and O–H groups in total. The van der Waals surface area contributed by atoms with Crippen molar-refractivity contribution in [3.05, 3.63) is 82.9 Å². The molecule has 146 valence electrons. The smallest absolute Gasteiger partial charge is 0.192 e. The predicted octanol–water partition coefficient (Wildman–Crippen LogP) is 2.84. The second-order valence-electron chi connectivity index (χ2n) is 6.32. The Bertz CT molecular complexity index is 953. The van der Waals surface area contributed by atoms with Gasteiger partial charge in [0.1, 0.15) is 17.5 Å². The average Bonchev–Trinajstić information content (AvgIpc) is 3.02. The summed E-state index contributed by atoms with van der Waals surface area (Å²) in [5, 5.41) is 14.3. The lowest BCUT2D eigenvalue weighted by Crippen LogP contribution is -2.37. The zero-order valence-electron chi connectivity index (χ0n) is 15.8. The summed E-state index contributed by atoms with van der Waals surface area (Å²) >= 11 is 0. The largest absolute Gasteiger partial charge is 0.352 e. The number of aromatic nitrogens is 3. The second-order valence-corrected chi connectivity index (χ2v) is 6.32. The van der Waals surface area contributed by atoms with E-state index in [-0.39, 0.29) is 12.1 Å². The van der Waals surface area contributed by atoms with E-state index < -0.39 is 11.6 Å². The van der Waals surface area contributed by atoms with Gasteiger partial charge in [0.05, 0.1) is 13.1 Å². The fourth-order valence-electron chi connectivity index (χ4n) is 2.55. The molecule has 3 rings (SSSR count). The molecule has 0 unspecified atom stereocenters. The third-order valence-electron chi connectivity index (χ3n) is 4.31. The maximum absolute atomic E-state index is 13.9. The lowest BCUT2D eigenvalue weighted by atomic mass is 10.2. The highest BCUT2D eigenvalue weighted by Gasteiger charge is 2.08. The van der Waals surface area contributed by atoms with Crippen LogP contribution in [0, 0.1) is 18.6 Å². The number of nitrogens with one attached hydrogen (secondary N) is 2. The average molecular weight is 384 g/mol. The monoisotopic (exact) mass is 384 g/mol. The van der Waals surface area contributed by atoms with Gasteiger partial charge in [-0.25, -0.2) is 13.8 Å². The highest BCUT2D eigenvalue weighted by Crippen LogP contribution is 2.09. The first-order valence-electron chi connectivity index (χ1n) is 8.88. The molecule has 0 atom stereocenters. The van der Waals surface area contributed by atoms with Crippen LogP contribution in [-0.4, -0.2) is 20.7 Å². The van der Waals surface area contributed by atoms with Crippen LogP contribution in [0.4, 0.5) is 8.78 Å². The van der Waals surface area contributed by atoms with E-state index in [9.17, 15) is 8.78 Å². The van der Waals surface area contributed by atoms with Gasteiger partial charge >= 0.3 is 0 Å². The molecule has 0 aliphatic rings. The third kappa shape index (κ3) is 5.12. The SMILES string of the molecule is Cc1nnc(CNC(=NCc2ccccc2)NCc2cc(F)ccc2F)n1C. The molecule has 0 spiro atoms. The van der Waals surface area contributed by atoms with Crippen LogP contribution < -0.4 is 10.6 Å². The molecule has 0 amide bonds. The zero-order valence-corrected chi connectivity index (χ0v) is 15.8. The molecule has 2 aromatic carbocycles. The van der Waals surface area contributed by atoms with Gasteiger partial charge < -0.3 is 15.2 Å². The van der Waals surface area contributed by atoms with E-state index in [1.54, 1.807) is 0 Å². The first-order chi connectivity index (χ1) is 13.5. The molecule has 0 aliphatic carbocycles. The first kappa shape index (κ1) is 19.5. The summed E-state index contributed by atoms with van der Waals surface area (Å²) in [6.07, 6.45) is 0. The standard InChI is InChI=1S/C20H22F2N6/c1-14-26-27-19(28(14)2)13-25-20(23-11-15-6-4-3-5-7-15)24-12-16-10-17(21)8-9-18(16)22/h3-10H,11-13H2,1-2H3,(H2,23,24,25). The molecule has 1 aromatic heterocycles. The third-order valence-corrected chi connectivity index (χ3v) is 4.31. The fourth-order valence-corrected chi connectivity index (χ4v) is 2.55. The minimum atomic E-state index is -0.483. The number of aliphatic imine (C=N–C) groups is 1. The van der Waals surface area contributed by atoms with Crippen molar-refractivity contribution in [2.45, 2.75) is 26.6 Å². The number of hydrogen-bond acceptors (Lipinski definition) is 3. The van der Waals surface area contributed by atoms with E-state index in [2.05, 4.69) is 25.8 Å². The van der Waals surface area contributed by atoms with Gasteiger partial charge in [0.2, 0.25) is 0 Å². The maximum Gasteiger partial charge on any atom is 0.192 e. The molecule has 0 aliphatic heterocycles. The summed E-state index contributed by atoms with van der Waals surface area (Å²) in [4.78, 5) is 4.53. The van der Waals surface area contributed by atoms with Crippen LogP contribution in [0.2, 0.25) is 0 Å². The van der Waals surface area contributed by atoms with Gasteiger partial charge in [0.25, 0.3) is 0 Å². The molecule has 0 saturated heterocycles. The lowest BCUT2D eigenvalue weighted by molar-refractivity contribution is 0.580. The summed E-state index contributed by atoms with van der Waals surface area (Å²) in [6.45, 7) is 2.80. The highest BCUT2D eigenvalue weighted by molar-refractivity contribution is 5.79. The summed E-state index contributed by atoms with van der Waals surface area (Å²) < 4.78 is 29.2. The van der Waals surface area contributed by atoms with Gasteiger partial charge in [-0.3, -0.25) is 0 Å². The van der Waals surface area contributed by atoms with Crippen LogP contribution >= 0.6 is 0 Å². The van der Waals surface area contributed by atoms with E-state index >= 15 is 0 Å². The van der Waals surface area contributed by atoms with Crippen molar-refractivity contribution >= 4 is 5.96 Å². The fraction of sp³-hybridized carbons (Fsp3) is 0.250. The lowest BCUT2D eigenvalue weighted by Gasteiger charge is -2.13. The van der Waals surface area contributed by atoms with Gasteiger partial charge in [-0.05, 0) is 30.7 Å². The number of guanidine groups is 1. The summed E-state index contributed by atoms with van der Waals surface area (Å²) in [6, 6.07) is 13.1. The molecule has 1 heterocycles. The Kier molecular flexibility index (Phi) is 6.31. The van der Waals surface area contributed by atoms with Crippen molar-refractivity contribution in [1.29, 1.82) is 0 Å². The summed E-state index contributed by atoms with van der Waals surface area (Å²) in [7, 11) is 1.88. The van der Waals surface area contributed by atoms with Crippen LogP contribution in [0.25, 0.3) is 0 Å². The van der Waals surface area contributed by atoms with Crippen LogP contribution in [0.1, 0.15) is 22.8 Å². The Hall–Kier alpha value is -3.29. The van der Waals surface area contributed by atoms with Gasteiger partial charge in [-0.1, -0.05) is 30.3 Å². The maximum atomic E-state index is 13.9. The molecule has 0 saturated carbocycles. The summed E-state index contributed by atoms with van der Waals surface area (Å²) in [5.74, 6) is 1.05. The van der Waals surface area contributed by atoms with Gasteiger partial charge in [-0.2, -0.15) is 0 Å². The van der Waals surface area contributed by atoms with Gasteiger partial charge in [0.15, 0.2) is 11.8 Å². The molecule has 0 fully saturated rings. The van der Waals surface area contributed by atoms with Gasteiger partial charge in [0, 0.05) is 19.2 Å². The predicted molar refractivity (Wildman–Crippen MR) is 103 cm³/mol. The van der Waals surface area contributed by atoms with Gasteiger partial charge in [-0.15, -0.1) is 10.2 Å². The Morgan fingerprint density at radius 2 is 1.79 bits per heavy atom. The van der Waals surface area contributed by atoms with Crippen molar-refractivity contribution in [3.8, 4) is 0 Å². The molecule has 28 heavy (non-hydrogen) atoms. The number of hydrogen-bond donors (Lipinski definition) is 2. The molecular weight excluding hydrogens is 362 g/mol. The van der Waals surface area contributed by atoms with Crippen molar-refractivity contribution in [1.82, 2.24) is 25.4 Å². The van der Waals surface area contributed by atoms with Crippen LogP contribution in [0.3, 0.4) is 0 Å². The van der Waals surface area contributed by atoms with E-state index in [1.807, 2.05) is 48.9 Å². The molecule has 0 bridgehead atoms. The Morgan fingerprint density at radius 1 is 1.04 bits per heavy atom. The quantitative estimate of drug-likeness (QED) is 0.507. The minimum Gasteiger partial charge on any atom is -0.352 e. The van der Waals surface area contributed by atoms with E-state index in [0.717, 1.165) is 29.3 Å². The number of benzene rings is 2. The van der Waals surface area contributed by atoms with Crippen molar-refractivity contribution in [2.24, 2.45) is 12.0 Å². The van der Waals surface area contributed by atoms with Crippen LogP contribution in [-0.2, 0) is 26.7 Å². The Morgan fingerprint density at radius 3 is 2.50 bits per heavy atom. The van der Waals surface area contributed by atoms with E-state index in [0.29, 0.717) is 19.0 Å². The number of rotatable bonds is 6. The molecular formula is C20H22F2N6. The minimum absolute atomic E-state index is 0.0993. The number of halogens is 2. The highest BCUT2D eigenvalue weighted by atomic mass is 19.1. The van der Waals surface area contributed by atoms with Crippen molar-refractivity contribution in [2.75, 3.05) is 0 Å². The van der Waals surface area contributed by atoms with Crippen molar-refractivity contribution in [3.63, 3.8) is 0 Å². The topological polar surface area (TPSA) is 67.1 Å². The molecule has 3 aromatic rings. The number of nitrogens with zero attached hydrogens (tertiary/aromatic N) is 4. The molecule has 8 heteroatoms. The van der Waals surface area contributed by atoms with Crippen LogP contribution in [0.5, 0.6) is 0 Å². The summed E-state index contributed by atoms with van der Waals surface area (Å²) in [5.41, 5.74) is 1.26. The Balaban J connectivity index is 1.71. The molecule has 6 nitrogen and oxygen atoms in total. The zero-order chi connectivity index (χ0) is 19.9. The second kappa shape index (κ2) is 9.07. The molecule has 0 radical (unpaired) electrons. The van der Waals surface area contributed by atoms with Crippen LogP contribution in [0.15, 0.2) is 53.5 Å². The normalized spacial score (nSPS) is 11.5.